The maximum absolute atomic E-state index is 12.4. The van der Waals surface area contributed by atoms with Gasteiger partial charge in [0.25, 0.3) is 5.91 Å². The van der Waals surface area contributed by atoms with Crippen molar-refractivity contribution < 1.29 is 14.4 Å². The molecule has 4 N–H and O–H groups in total. The Morgan fingerprint density at radius 3 is 2.48 bits per heavy atom. The van der Waals surface area contributed by atoms with Crippen LogP contribution in [0.5, 0.6) is 0 Å². The number of nitrogens with two attached hydrogens (primary N) is 1. The Balaban J connectivity index is 0.00000341. The van der Waals surface area contributed by atoms with Gasteiger partial charge in [-0.25, -0.2) is 4.79 Å². The molecule has 0 saturated heterocycles. The van der Waals surface area contributed by atoms with Gasteiger partial charge in [0, 0.05) is 55.7 Å². The Hall–Kier alpha value is -2.33. The average Bonchev–Trinajstić information content (AvgIpc) is 3.04. The summed E-state index contributed by atoms with van der Waals surface area (Å²) in [6.07, 6.45) is 1.08. The molecule has 0 aliphatic carbocycles. The second-order valence-electron chi connectivity index (χ2n) is 7.22. The van der Waals surface area contributed by atoms with E-state index in [2.05, 4.69) is 15.5 Å². The number of anilines is 2. The summed E-state index contributed by atoms with van der Waals surface area (Å²) in [6.45, 7) is 1.97. The third-order valence-electron chi connectivity index (χ3n) is 4.85. The number of hydrogen-bond acceptors (Lipinski definition) is 5. The fourth-order valence-electron chi connectivity index (χ4n) is 3.27. The van der Waals surface area contributed by atoms with Gasteiger partial charge in [0.1, 0.15) is 5.00 Å². The van der Waals surface area contributed by atoms with Gasteiger partial charge in [0.15, 0.2) is 0 Å². The SMILES string of the molecule is CN(C)C(=O)CCN1CCc2c(sc(NC(=O)Nc3ccc(Cl)cc3)c2C(N)=O)C1.Cl. The van der Waals surface area contributed by atoms with Crippen LogP contribution in [0, 0.1) is 0 Å². The highest BCUT2D eigenvalue weighted by atomic mass is 35.5. The first kappa shape index (κ1) is 24.9. The Morgan fingerprint density at radius 1 is 1.19 bits per heavy atom. The third kappa shape index (κ3) is 6.33. The quantitative estimate of drug-likeness (QED) is 0.582. The lowest BCUT2D eigenvalue weighted by molar-refractivity contribution is -0.129. The topological polar surface area (TPSA) is 108 Å². The van der Waals surface area contributed by atoms with Gasteiger partial charge >= 0.3 is 6.03 Å². The van der Waals surface area contributed by atoms with Crippen molar-refractivity contribution >= 4 is 63.9 Å². The fourth-order valence-corrected chi connectivity index (χ4v) is 4.69. The number of rotatable bonds is 6. The molecule has 0 spiro atoms. The van der Waals surface area contributed by atoms with Crippen molar-refractivity contribution in [2.45, 2.75) is 19.4 Å². The second-order valence-corrected chi connectivity index (χ2v) is 8.76. The van der Waals surface area contributed by atoms with Gasteiger partial charge in [0.05, 0.1) is 5.56 Å². The molecule has 1 aromatic carbocycles. The lowest BCUT2D eigenvalue weighted by Crippen LogP contribution is -2.34. The van der Waals surface area contributed by atoms with Crippen molar-refractivity contribution in [2.75, 3.05) is 37.8 Å². The Labute approximate surface area is 196 Å². The van der Waals surface area contributed by atoms with Crippen LogP contribution in [0.2, 0.25) is 5.02 Å². The summed E-state index contributed by atoms with van der Waals surface area (Å²) in [5.74, 6) is -0.489. The molecule has 3 rings (SSSR count). The van der Waals surface area contributed by atoms with Crippen molar-refractivity contribution in [1.82, 2.24) is 9.80 Å². The van der Waals surface area contributed by atoms with E-state index < -0.39 is 11.9 Å². The van der Waals surface area contributed by atoms with E-state index in [-0.39, 0.29) is 18.3 Å². The van der Waals surface area contributed by atoms with Gasteiger partial charge in [-0.05, 0) is 36.2 Å². The summed E-state index contributed by atoms with van der Waals surface area (Å²) in [5, 5.41) is 6.46. The summed E-state index contributed by atoms with van der Waals surface area (Å²) in [5.41, 5.74) is 7.44. The van der Waals surface area contributed by atoms with Crippen LogP contribution in [0.3, 0.4) is 0 Å². The molecule has 4 amide bonds. The number of nitrogens with zero attached hydrogens (tertiary/aromatic N) is 2. The summed E-state index contributed by atoms with van der Waals surface area (Å²) in [7, 11) is 3.48. The van der Waals surface area contributed by atoms with Crippen LogP contribution >= 0.6 is 35.3 Å². The number of benzene rings is 1. The van der Waals surface area contributed by atoms with Crippen LogP contribution in [-0.2, 0) is 17.8 Å². The first-order valence-electron chi connectivity index (χ1n) is 9.45. The monoisotopic (exact) mass is 485 g/mol. The van der Waals surface area contributed by atoms with E-state index in [4.69, 9.17) is 17.3 Å². The Kier molecular flexibility index (Phi) is 8.69. The summed E-state index contributed by atoms with van der Waals surface area (Å²) in [6, 6.07) is 6.25. The van der Waals surface area contributed by atoms with Crippen molar-refractivity contribution in [3.8, 4) is 0 Å². The molecule has 0 fully saturated rings. The molecule has 31 heavy (non-hydrogen) atoms. The van der Waals surface area contributed by atoms with Crippen LogP contribution in [0.25, 0.3) is 0 Å². The Morgan fingerprint density at radius 2 is 1.87 bits per heavy atom. The number of halogens is 2. The van der Waals surface area contributed by atoms with E-state index in [0.29, 0.717) is 47.2 Å². The van der Waals surface area contributed by atoms with E-state index >= 15 is 0 Å². The fraction of sp³-hybridized carbons (Fsp3) is 0.350. The molecular formula is C20H25Cl2N5O3S. The van der Waals surface area contributed by atoms with Crippen LogP contribution in [0.4, 0.5) is 15.5 Å². The number of urea groups is 1. The smallest absolute Gasteiger partial charge is 0.324 e. The Bertz CT molecular complexity index is 962. The predicted octanol–water partition coefficient (Wildman–Crippen LogP) is 3.40. The largest absolute Gasteiger partial charge is 0.365 e. The van der Waals surface area contributed by atoms with Crippen molar-refractivity contribution in [3.63, 3.8) is 0 Å². The maximum Gasteiger partial charge on any atom is 0.324 e. The number of fused-ring (bicyclic) bond motifs is 1. The molecule has 1 aliphatic rings. The molecule has 1 aromatic heterocycles. The maximum atomic E-state index is 12.4. The molecule has 0 bridgehead atoms. The third-order valence-corrected chi connectivity index (χ3v) is 6.24. The second kappa shape index (κ2) is 10.8. The standard InChI is InChI=1S/C20H24ClN5O3S.ClH/c1-25(2)16(27)8-10-26-9-7-14-15(11-26)30-19(17(14)18(22)28)24-20(29)23-13-5-3-12(21)4-6-13;/h3-6H,7-11H2,1-2H3,(H2,22,28)(H2,23,24,29);1H. The number of carbonyl (C=O) groups excluding carboxylic acids is 3. The molecular weight excluding hydrogens is 461 g/mol. The summed E-state index contributed by atoms with van der Waals surface area (Å²) in [4.78, 5) is 41.1. The average molecular weight is 486 g/mol. The zero-order valence-corrected chi connectivity index (χ0v) is 19.6. The van der Waals surface area contributed by atoms with E-state index in [1.54, 1.807) is 43.3 Å². The van der Waals surface area contributed by atoms with E-state index in [1.807, 2.05) is 0 Å². The summed E-state index contributed by atoms with van der Waals surface area (Å²) < 4.78 is 0. The molecule has 8 nitrogen and oxygen atoms in total. The van der Waals surface area contributed by atoms with Gasteiger partial charge in [-0.1, -0.05) is 11.6 Å². The van der Waals surface area contributed by atoms with E-state index in [9.17, 15) is 14.4 Å². The van der Waals surface area contributed by atoms with Crippen molar-refractivity contribution in [3.05, 3.63) is 45.3 Å². The molecule has 168 valence electrons. The zero-order chi connectivity index (χ0) is 21.8. The van der Waals surface area contributed by atoms with E-state index in [0.717, 1.165) is 17.0 Å². The summed E-state index contributed by atoms with van der Waals surface area (Å²) >= 11 is 7.20. The minimum Gasteiger partial charge on any atom is -0.365 e. The van der Waals surface area contributed by atoms with Gasteiger partial charge in [-0.3, -0.25) is 19.8 Å². The molecule has 1 aliphatic heterocycles. The van der Waals surface area contributed by atoms with Crippen LogP contribution in [0.1, 0.15) is 27.2 Å². The number of hydrogen-bond donors (Lipinski definition) is 3. The zero-order valence-electron chi connectivity index (χ0n) is 17.2. The van der Waals surface area contributed by atoms with Crippen LogP contribution in [-0.4, -0.2) is 54.8 Å². The molecule has 2 aromatic rings. The number of amides is 4. The van der Waals surface area contributed by atoms with Crippen molar-refractivity contribution in [1.29, 1.82) is 0 Å². The predicted molar refractivity (Wildman–Crippen MR) is 126 cm³/mol. The molecule has 0 saturated carbocycles. The lowest BCUT2D eigenvalue weighted by Gasteiger charge is -2.27. The highest BCUT2D eigenvalue weighted by Gasteiger charge is 2.28. The first-order valence-corrected chi connectivity index (χ1v) is 10.6. The lowest BCUT2D eigenvalue weighted by atomic mass is 10.0. The molecule has 11 heteroatoms. The molecule has 0 unspecified atom stereocenters. The van der Waals surface area contributed by atoms with Crippen molar-refractivity contribution in [2.24, 2.45) is 5.73 Å². The molecule has 0 radical (unpaired) electrons. The number of thiophene rings is 1. The highest BCUT2D eigenvalue weighted by Crippen LogP contribution is 2.37. The normalized spacial score (nSPS) is 13.0. The molecule has 0 atom stereocenters. The van der Waals surface area contributed by atoms with Gasteiger partial charge in [-0.2, -0.15) is 0 Å². The van der Waals surface area contributed by atoms with Gasteiger partial charge < -0.3 is 16.0 Å². The first-order chi connectivity index (χ1) is 14.2. The number of primary amides is 1. The minimum atomic E-state index is -0.564. The number of nitrogens with one attached hydrogen (secondary N) is 2. The van der Waals surface area contributed by atoms with Gasteiger partial charge in [-0.15, -0.1) is 23.7 Å². The van der Waals surface area contributed by atoms with E-state index in [1.165, 1.54) is 11.3 Å². The molecule has 2 heterocycles. The van der Waals surface area contributed by atoms with Crippen LogP contribution < -0.4 is 16.4 Å². The minimum absolute atomic E-state index is 0. The number of carbonyl (C=O) groups is 3. The van der Waals surface area contributed by atoms with Crippen LogP contribution in [0.15, 0.2) is 24.3 Å². The highest BCUT2D eigenvalue weighted by molar-refractivity contribution is 7.17. The van der Waals surface area contributed by atoms with Gasteiger partial charge in [0.2, 0.25) is 5.91 Å².